The zero-order valence-corrected chi connectivity index (χ0v) is 13.7. The molecule has 5 heteroatoms. The van der Waals surface area contributed by atoms with Crippen LogP contribution in [0.5, 0.6) is 5.75 Å². The highest BCUT2D eigenvalue weighted by Crippen LogP contribution is 2.19. The van der Waals surface area contributed by atoms with Gasteiger partial charge >= 0.3 is 11.6 Å². The normalized spacial score (nSPS) is 10.5. The summed E-state index contributed by atoms with van der Waals surface area (Å²) in [4.78, 5) is 22.1. The number of fused-ring (bicyclic) bond motifs is 1. The van der Waals surface area contributed by atoms with Crippen LogP contribution in [0.4, 0.5) is 0 Å². The van der Waals surface area contributed by atoms with E-state index in [4.69, 9.17) is 13.9 Å². The summed E-state index contributed by atoms with van der Waals surface area (Å²) in [7, 11) is 0. The first kappa shape index (κ1) is 17.8. The molecule has 1 heterocycles. The smallest absolute Gasteiger partial charge is 0.336 e. The molecule has 0 aliphatic rings. The van der Waals surface area contributed by atoms with Gasteiger partial charge in [0.05, 0.1) is 13.2 Å². The van der Waals surface area contributed by atoms with Crippen LogP contribution in [0, 0.1) is 0 Å². The average Bonchev–Trinajstić information content (AvgIpc) is 2.59. The molecule has 0 spiro atoms. The zero-order chi connectivity index (χ0) is 17.2. The fourth-order valence-corrected chi connectivity index (χ4v) is 2.29. The second-order valence-electron chi connectivity index (χ2n) is 5.44. The van der Waals surface area contributed by atoms with Gasteiger partial charge in [-0.1, -0.05) is 25.8 Å². The number of esters is 1. The standard InChI is InChI=1S/C19H22O5/c1-2-18(20)23-13-7-5-3-4-6-12-22-16-10-8-15-9-11-19(21)24-17(15)14-16/h2,8-11,14H,1,3-7,12-13H2. The van der Waals surface area contributed by atoms with E-state index in [0.717, 1.165) is 37.5 Å². The van der Waals surface area contributed by atoms with Crippen molar-refractivity contribution in [3.63, 3.8) is 0 Å². The van der Waals surface area contributed by atoms with Crippen LogP contribution in [0.1, 0.15) is 32.1 Å². The number of ether oxygens (including phenoxy) is 2. The van der Waals surface area contributed by atoms with Gasteiger partial charge in [0.25, 0.3) is 0 Å². The molecule has 0 atom stereocenters. The molecule has 2 rings (SSSR count). The summed E-state index contributed by atoms with van der Waals surface area (Å²) in [6.45, 7) is 4.41. The molecule has 1 aromatic carbocycles. The maximum atomic E-state index is 11.2. The van der Waals surface area contributed by atoms with Gasteiger partial charge in [0.2, 0.25) is 0 Å². The van der Waals surface area contributed by atoms with Crippen LogP contribution >= 0.6 is 0 Å². The lowest BCUT2D eigenvalue weighted by molar-refractivity contribution is -0.137. The molecule has 0 aliphatic carbocycles. The van der Waals surface area contributed by atoms with Crippen LogP contribution in [-0.2, 0) is 9.53 Å². The van der Waals surface area contributed by atoms with Crippen molar-refractivity contribution < 1.29 is 18.7 Å². The molecule has 0 unspecified atom stereocenters. The van der Waals surface area contributed by atoms with Gasteiger partial charge in [0.1, 0.15) is 11.3 Å². The highest BCUT2D eigenvalue weighted by atomic mass is 16.5. The van der Waals surface area contributed by atoms with Crippen molar-refractivity contribution in [2.24, 2.45) is 0 Å². The van der Waals surface area contributed by atoms with Crippen molar-refractivity contribution in [1.29, 1.82) is 0 Å². The van der Waals surface area contributed by atoms with E-state index in [-0.39, 0.29) is 11.6 Å². The highest BCUT2D eigenvalue weighted by Gasteiger charge is 2.01. The number of benzene rings is 1. The van der Waals surface area contributed by atoms with Gasteiger partial charge < -0.3 is 13.9 Å². The summed E-state index contributed by atoms with van der Waals surface area (Å²) in [5.74, 6) is 0.336. The molecule has 0 N–H and O–H groups in total. The molecule has 2 aromatic rings. The Morgan fingerprint density at radius 3 is 2.54 bits per heavy atom. The van der Waals surface area contributed by atoms with Gasteiger partial charge in [-0.2, -0.15) is 0 Å². The molecule has 0 aliphatic heterocycles. The summed E-state index contributed by atoms with van der Waals surface area (Å²) in [5.41, 5.74) is 0.174. The Hall–Kier alpha value is -2.56. The van der Waals surface area contributed by atoms with Crippen LogP contribution in [0.25, 0.3) is 11.0 Å². The minimum absolute atomic E-state index is 0.363. The lowest BCUT2D eigenvalue weighted by Gasteiger charge is -2.07. The molecule has 1 aromatic heterocycles. The molecule has 24 heavy (non-hydrogen) atoms. The van der Waals surface area contributed by atoms with E-state index in [1.165, 1.54) is 12.1 Å². The van der Waals surface area contributed by atoms with Gasteiger partial charge in [0, 0.05) is 23.6 Å². The predicted molar refractivity (Wildman–Crippen MR) is 92.2 cm³/mol. The molecule has 0 saturated heterocycles. The number of hydrogen-bond donors (Lipinski definition) is 0. The number of rotatable bonds is 10. The van der Waals surface area contributed by atoms with E-state index in [1.54, 1.807) is 12.1 Å². The van der Waals surface area contributed by atoms with E-state index in [1.807, 2.05) is 12.1 Å². The maximum Gasteiger partial charge on any atom is 0.336 e. The first-order valence-electron chi connectivity index (χ1n) is 8.15. The molecule has 5 nitrogen and oxygen atoms in total. The third-order valence-corrected chi connectivity index (χ3v) is 3.56. The molecular formula is C19H22O5. The molecule has 0 radical (unpaired) electrons. The lowest BCUT2D eigenvalue weighted by Crippen LogP contribution is -2.02. The minimum atomic E-state index is -0.366. The van der Waals surface area contributed by atoms with E-state index in [0.29, 0.717) is 24.5 Å². The predicted octanol–water partition coefficient (Wildman–Crippen LogP) is 3.85. The Bertz CT molecular complexity index is 732. The summed E-state index contributed by atoms with van der Waals surface area (Å²) < 4.78 is 15.7. The van der Waals surface area contributed by atoms with Crippen molar-refractivity contribution in [3.8, 4) is 5.75 Å². The quantitative estimate of drug-likeness (QED) is 0.286. The highest BCUT2D eigenvalue weighted by molar-refractivity contribution is 5.81. The Morgan fingerprint density at radius 1 is 1.04 bits per heavy atom. The van der Waals surface area contributed by atoms with Gasteiger partial charge in [-0.25, -0.2) is 9.59 Å². The third-order valence-electron chi connectivity index (χ3n) is 3.56. The fraction of sp³-hybridized carbons (Fsp3) is 0.368. The largest absolute Gasteiger partial charge is 0.493 e. The van der Waals surface area contributed by atoms with Crippen LogP contribution < -0.4 is 10.4 Å². The fourth-order valence-electron chi connectivity index (χ4n) is 2.29. The van der Waals surface area contributed by atoms with E-state index in [9.17, 15) is 9.59 Å². The monoisotopic (exact) mass is 330 g/mol. The SMILES string of the molecule is C=CC(=O)OCCCCCCCOc1ccc2ccc(=O)oc2c1. The molecule has 0 amide bonds. The molecular weight excluding hydrogens is 308 g/mol. The topological polar surface area (TPSA) is 65.7 Å². The van der Waals surface area contributed by atoms with E-state index < -0.39 is 0 Å². The summed E-state index contributed by atoms with van der Waals surface area (Å²) >= 11 is 0. The van der Waals surface area contributed by atoms with Crippen LogP contribution in [0.2, 0.25) is 0 Å². The van der Waals surface area contributed by atoms with Crippen molar-refractivity contribution in [2.75, 3.05) is 13.2 Å². The Kier molecular flexibility index (Phi) is 7.08. The van der Waals surface area contributed by atoms with E-state index >= 15 is 0 Å². The molecule has 0 saturated carbocycles. The van der Waals surface area contributed by atoms with Crippen molar-refractivity contribution in [2.45, 2.75) is 32.1 Å². The van der Waals surface area contributed by atoms with Crippen LogP contribution in [0.15, 0.2) is 52.2 Å². The Morgan fingerprint density at radius 2 is 1.75 bits per heavy atom. The van der Waals surface area contributed by atoms with Crippen LogP contribution in [0.3, 0.4) is 0 Å². The number of carbonyl (C=O) groups excluding carboxylic acids is 1. The van der Waals surface area contributed by atoms with E-state index in [2.05, 4.69) is 6.58 Å². The first-order valence-corrected chi connectivity index (χ1v) is 8.15. The zero-order valence-electron chi connectivity index (χ0n) is 13.7. The van der Waals surface area contributed by atoms with Gasteiger partial charge in [0.15, 0.2) is 0 Å². The van der Waals surface area contributed by atoms with Crippen molar-refractivity contribution in [3.05, 3.63) is 53.4 Å². The van der Waals surface area contributed by atoms with Crippen molar-refractivity contribution in [1.82, 2.24) is 0 Å². The maximum absolute atomic E-state index is 11.2. The summed E-state index contributed by atoms with van der Waals surface area (Å²) in [6.07, 6.45) is 6.13. The number of hydrogen-bond acceptors (Lipinski definition) is 5. The minimum Gasteiger partial charge on any atom is -0.493 e. The van der Waals surface area contributed by atoms with Crippen molar-refractivity contribution >= 4 is 16.9 Å². The molecule has 128 valence electrons. The van der Waals surface area contributed by atoms with Gasteiger partial charge in [-0.3, -0.25) is 0 Å². The van der Waals surface area contributed by atoms with Gasteiger partial charge in [-0.05, 0) is 31.0 Å². The average molecular weight is 330 g/mol. The second kappa shape index (κ2) is 9.55. The van der Waals surface area contributed by atoms with Crippen LogP contribution in [-0.4, -0.2) is 19.2 Å². The molecule has 0 bridgehead atoms. The first-order chi connectivity index (χ1) is 11.7. The number of carbonyl (C=O) groups is 1. The summed E-state index contributed by atoms with van der Waals surface area (Å²) in [5, 5.41) is 0.874. The lowest BCUT2D eigenvalue weighted by atomic mass is 10.1. The summed E-state index contributed by atoms with van der Waals surface area (Å²) in [6, 6.07) is 8.62. The Labute approximate surface area is 140 Å². The second-order valence-corrected chi connectivity index (χ2v) is 5.44. The third kappa shape index (κ3) is 5.91. The Balaban J connectivity index is 1.60. The molecule has 0 fully saturated rings. The number of unbranched alkanes of at least 4 members (excludes halogenated alkanes) is 4. The van der Waals surface area contributed by atoms with Gasteiger partial charge in [-0.15, -0.1) is 0 Å².